The molecule has 0 aliphatic carbocycles. The molecule has 0 bridgehead atoms. The van der Waals surface area contributed by atoms with E-state index in [-0.39, 0.29) is 0 Å². The van der Waals surface area contributed by atoms with Crippen molar-refractivity contribution in [3.8, 4) is 0 Å². The molecule has 2 nitrogen and oxygen atoms in total. The Bertz CT molecular complexity index is 99.8. The highest BCUT2D eigenvalue weighted by molar-refractivity contribution is 7.99. The average molecular weight is 162 g/mol. The Morgan fingerprint density at radius 1 is 1.70 bits per heavy atom. The standard InChI is InChI=1S/C7H14O2S/c1-2-9-5-7(8)3-4-10-6-7/h8H,2-6H2,1H3. The minimum absolute atomic E-state index is 0.510. The van der Waals surface area contributed by atoms with Crippen molar-refractivity contribution in [3.05, 3.63) is 0 Å². The van der Waals surface area contributed by atoms with Gasteiger partial charge in [-0.1, -0.05) is 0 Å². The highest BCUT2D eigenvalue weighted by Gasteiger charge is 2.31. The van der Waals surface area contributed by atoms with Crippen LogP contribution in [0.5, 0.6) is 0 Å². The van der Waals surface area contributed by atoms with Gasteiger partial charge in [-0.2, -0.15) is 11.8 Å². The van der Waals surface area contributed by atoms with Crippen LogP contribution in [-0.2, 0) is 4.74 Å². The van der Waals surface area contributed by atoms with Gasteiger partial charge < -0.3 is 9.84 Å². The molecular formula is C7H14O2S. The molecule has 1 N–H and O–H groups in total. The van der Waals surface area contributed by atoms with E-state index >= 15 is 0 Å². The highest BCUT2D eigenvalue weighted by Crippen LogP contribution is 2.27. The second kappa shape index (κ2) is 3.60. The zero-order valence-corrected chi connectivity index (χ0v) is 7.12. The minimum Gasteiger partial charge on any atom is -0.387 e. The van der Waals surface area contributed by atoms with E-state index in [1.165, 1.54) is 0 Å². The molecule has 1 saturated heterocycles. The summed E-state index contributed by atoms with van der Waals surface area (Å²) in [7, 11) is 0. The molecule has 1 unspecified atom stereocenters. The quantitative estimate of drug-likeness (QED) is 0.668. The van der Waals surface area contributed by atoms with Gasteiger partial charge in [0.1, 0.15) is 0 Å². The second-order valence-corrected chi connectivity index (χ2v) is 3.77. The number of ether oxygens (including phenoxy) is 1. The summed E-state index contributed by atoms with van der Waals surface area (Å²) in [4.78, 5) is 0. The molecule has 1 aliphatic heterocycles. The van der Waals surface area contributed by atoms with Crippen LogP contribution in [0.4, 0.5) is 0 Å². The highest BCUT2D eigenvalue weighted by atomic mass is 32.2. The molecule has 0 saturated carbocycles. The van der Waals surface area contributed by atoms with Crippen LogP contribution in [0.15, 0.2) is 0 Å². The number of rotatable bonds is 3. The normalized spacial score (nSPS) is 33.0. The number of thioether (sulfide) groups is 1. The van der Waals surface area contributed by atoms with Crippen molar-refractivity contribution >= 4 is 11.8 Å². The lowest BCUT2D eigenvalue weighted by Crippen LogP contribution is -2.34. The summed E-state index contributed by atoms with van der Waals surface area (Å²) in [5.74, 6) is 1.91. The zero-order chi connectivity index (χ0) is 7.45. The molecule has 0 aromatic heterocycles. The molecule has 0 aromatic carbocycles. The van der Waals surface area contributed by atoms with Crippen LogP contribution in [0.2, 0.25) is 0 Å². The fourth-order valence-corrected chi connectivity index (χ4v) is 2.28. The largest absolute Gasteiger partial charge is 0.387 e. The maximum absolute atomic E-state index is 9.68. The Hall–Kier alpha value is 0.270. The molecule has 3 heteroatoms. The number of hydrogen-bond acceptors (Lipinski definition) is 3. The molecule has 1 heterocycles. The van der Waals surface area contributed by atoms with Crippen molar-refractivity contribution in [2.45, 2.75) is 18.9 Å². The lowest BCUT2D eigenvalue weighted by atomic mass is 10.1. The maximum atomic E-state index is 9.68. The molecule has 1 aliphatic rings. The first-order valence-corrected chi connectivity index (χ1v) is 4.80. The zero-order valence-electron chi connectivity index (χ0n) is 6.30. The van der Waals surface area contributed by atoms with Crippen molar-refractivity contribution in [3.63, 3.8) is 0 Å². The topological polar surface area (TPSA) is 29.5 Å². The lowest BCUT2D eigenvalue weighted by molar-refractivity contribution is -0.0243. The van der Waals surface area contributed by atoms with E-state index < -0.39 is 5.60 Å². The van der Waals surface area contributed by atoms with Gasteiger partial charge in [0.2, 0.25) is 0 Å². The molecule has 0 radical (unpaired) electrons. The average Bonchev–Trinajstić information content (AvgIpc) is 2.33. The minimum atomic E-state index is -0.513. The number of hydrogen-bond donors (Lipinski definition) is 1. The Morgan fingerprint density at radius 2 is 2.50 bits per heavy atom. The fraction of sp³-hybridized carbons (Fsp3) is 1.00. The van der Waals surface area contributed by atoms with Gasteiger partial charge in [0.25, 0.3) is 0 Å². The molecule has 1 atom stereocenters. The third-order valence-corrected chi connectivity index (χ3v) is 2.89. The first-order valence-electron chi connectivity index (χ1n) is 3.65. The van der Waals surface area contributed by atoms with Crippen LogP contribution in [0, 0.1) is 0 Å². The molecule has 0 aromatic rings. The van der Waals surface area contributed by atoms with E-state index in [0.717, 1.165) is 17.9 Å². The summed E-state index contributed by atoms with van der Waals surface area (Å²) in [5.41, 5.74) is -0.513. The number of aliphatic hydroxyl groups is 1. The van der Waals surface area contributed by atoms with Gasteiger partial charge in [-0.3, -0.25) is 0 Å². The maximum Gasteiger partial charge on any atom is 0.0977 e. The Morgan fingerprint density at radius 3 is 3.00 bits per heavy atom. The molecule has 0 spiro atoms. The van der Waals surface area contributed by atoms with E-state index in [1.54, 1.807) is 11.8 Å². The van der Waals surface area contributed by atoms with Gasteiger partial charge in [-0.15, -0.1) is 0 Å². The van der Waals surface area contributed by atoms with Gasteiger partial charge in [0, 0.05) is 12.4 Å². The molecule has 10 heavy (non-hydrogen) atoms. The molecule has 0 amide bonds. The Labute approximate surface area is 66.0 Å². The van der Waals surface area contributed by atoms with Crippen molar-refractivity contribution in [2.75, 3.05) is 24.7 Å². The first kappa shape index (κ1) is 8.37. The predicted octanol–water partition coefficient (Wildman–Crippen LogP) is 0.891. The van der Waals surface area contributed by atoms with Crippen LogP contribution in [0.25, 0.3) is 0 Å². The van der Waals surface area contributed by atoms with Gasteiger partial charge in [0.15, 0.2) is 0 Å². The molecule has 60 valence electrons. The summed E-state index contributed by atoms with van der Waals surface area (Å²) in [5, 5.41) is 9.68. The van der Waals surface area contributed by atoms with Crippen molar-refractivity contribution in [1.29, 1.82) is 0 Å². The molecule has 1 fully saturated rings. The van der Waals surface area contributed by atoms with E-state index in [0.29, 0.717) is 13.2 Å². The monoisotopic (exact) mass is 162 g/mol. The third kappa shape index (κ3) is 2.15. The van der Waals surface area contributed by atoms with Crippen LogP contribution in [-0.4, -0.2) is 35.4 Å². The summed E-state index contributed by atoms with van der Waals surface area (Å²) in [6.45, 7) is 3.16. The van der Waals surface area contributed by atoms with Crippen molar-refractivity contribution in [2.24, 2.45) is 0 Å². The third-order valence-electron chi connectivity index (χ3n) is 1.66. The molecular weight excluding hydrogens is 148 g/mol. The van der Waals surface area contributed by atoms with E-state index in [4.69, 9.17) is 4.74 Å². The van der Waals surface area contributed by atoms with Gasteiger partial charge in [-0.05, 0) is 19.1 Å². The van der Waals surface area contributed by atoms with E-state index in [9.17, 15) is 5.11 Å². The van der Waals surface area contributed by atoms with Crippen LogP contribution in [0.3, 0.4) is 0 Å². The van der Waals surface area contributed by atoms with Crippen LogP contribution >= 0.6 is 11.8 Å². The van der Waals surface area contributed by atoms with Crippen molar-refractivity contribution in [1.82, 2.24) is 0 Å². The predicted molar refractivity (Wildman–Crippen MR) is 43.4 cm³/mol. The summed E-state index contributed by atoms with van der Waals surface area (Å²) in [6.07, 6.45) is 0.887. The first-order chi connectivity index (χ1) is 4.77. The van der Waals surface area contributed by atoms with E-state index in [2.05, 4.69) is 0 Å². The molecule has 1 rings (SSSR count). The van der Waals surface area contributed by atoms with Crippen LogP contribution in [0.1, 0.15) is 13.3 Å². The van der Waals surface area contributed by atoms with Crippen LogP contribution < -0.4 is 0 Å². The SMILES string of the molecule is CCOCC1(O)CCSC1. The van der Waals surface area contributed by atoms with Gasteiger partial charge >= 0.3 is 0 Å². The Kier molecular flexibility index (Phi) is 3.01. The Balaban J connectivity index is 2.22. The summed E-state index contributed by atoms with van der Waals surface area (Å²) >= 11 is 1.80. The summed E-state index contributed by atoms with van der Waals surface area (Å²) < 4.78 is 5.16. The van der Waals surface area contributed by atoms with Gasteiger partial charge in [-0.25, -0.2) is 0 Å². The smallest absolute Gasteiger partial charge is 0.0977 e. The lowest BCUT2D eigenvalue weighted by Gasteiger charge is -2.19. The summed E-state index contributed by atoms with van der Waals surface area (Å²) in [6, 6.07) is 0. The van der Waals surface area contributed by atoms with Gasteiger partial charge in [0.05, 0.1) is 12.2 Å². The van der Waals surface area contributed by atoms with E-state index in [1.807, 2.05) is 6.92 Å². The fourth-order valence-electron chi connectivity index (χ4n) is 1.00. The van der Waals surface area contributed by atoms with Crippen molar-refractivity contribution < 1.29 is 9.84 Å². The second-order valence-electron chi connectivity index (χ2n) is 2.66.